The molecule has 0 aliphatic carbocycles. The molecule has 0 aromatic heterocycles. The zero-order chi connectivity index (χ0) is 32.8. The molecule has 2 aliphatic heterocycles. The molecule has 48 heavy (non-hydrogen) atoms. The highest BCUT2D eigenvalue weighted by molar-refractivity contribution is 5.98. The lowest BCUT2D eigenvalue weighted by atomic mass is 9.88. The number of ether oxygens (including phenoxy) is 5. The topological polar surface area (TPSA) is 52.6 Å². The lowest BCUT2D eigenvalue weighted by Crippen LogP contribution is -2.38. The van der Waals surface area contributed by atoms with Gasteiger partial charge in [0.1, 0.15) is 37.1 Å². The van der Waals surface area contributed by atoms with Crippen LogP contribution in [-0.2, 0) is 16.1 Å². The van der Waals surface area contributed by atoms with E-state index in [1.807, 2.05) is 24.3 Å². The van der Waals surface area contributed by atoms with Gasteiger partial charge in [-0.3, -0.25) is 9.80 Å². The smallest absolute Gasteiger partial charge is 0.120 e. The highest BCUT2D eigenvalue weighted by Crippen LogP contribution is 2.37. The summed E-state index contributed by atoms with van der Waals surface area (Å²) in [6.07, 6.45) is 0.854. The fourth-order valence-electron chi connectivity index (χ4n) is 6.23. The molecule has 0 amide bonds. The third-order valence-electron chi connectivity index (χ3n) is 8.93. The van der Waals surface area contributed by atoms with Crippen LogP contribution in [0.2, 0.25) is 0 Å². The zero-order valence-electron chi connectivity index (χ0n) is 28.2. The number of rotatable bonds is 15. The minimum absolute atomic E-state index is 0.530. The zero-order valence-corrected chi connectivity index (χ0v) is 28.2. The molecule has 2 fully saturated rings. The van der Waals surface area contributed by atoms with Gasteiger partial charge in [0.05, 0.1) is 26.4 Å². The first-order valence-corrected chi connectivity index (χ1v) is 17.3. The Morgan fingerprint density at radius 3 is 1.62 bits per heavy atom. The van der Waals surface area contributed by atoms with Crippen LogP contribution in [0.4, 0.5) is 0 Å². The molecular weight excluding hydrogens is 600 g/mol. The van der Waals surface area contributed by atoms with Gasteiger partial charge in [-0.1, -0.05) is 73.7 Å². The Morgan fingerprint density at radius 1 is 0.562 bits per heavy atom. The van der Waals surface area contributed by atoms with Gasteiger partial charge in [0.25, 0.3) is 0 Å². The van der Waals surface area contributed by atoms with Crippen LogP contribution in [-0.4, -0.2) is 88.7 Å². The van der Waals surface area contributed by atoms with Crippen LogP contribution in [0.1, 0.15) is 35.6 Å². The van der Waals surface area contributed by atoms with Gasteiger partial charge in [0, 0.05) is 39.3 Å². The second kappa shape index (κ2) is 17.9. The number of hydrogen-bond donors (Lipinski definition) is 0. The minimum Gasteiger partial charge on any atom is -0.492 e. The molecule has 0 saturated carbocycles. The maximum absolute atomic E-state index is 6.24. The van der Waals surface area contributed by atoms with E-state index in [0.717, 1.165) is 112 Å². The van der Waals surface area contributed by atoms with Crippen molar-refractivity contribution >= 4 is 11.1 Å². The summed E-state index contributed by atoms with van der Waals surface area (Å²) < 4.78 is 29.5. The lowest BCUT2D eigenvalue weighted by molar-refractivity contribution is 0.0321. The van der Waals surface area contributed by atoms with Gasteiger partial charge in [-0.2, -0.15) is 0 Å². The van der Waals surface area contributed by atoms with E-state index in [2.05, 4.69) is 95.6 Å². The van der Waals surface area contributed by atoms with E-state index < -0.39 is 0 Å². The second-order valence-electron chi connectivity index (χ2n) is 12.2. The summed E-state index contributed by atoms with van der Waals surface area (Å²) >= 11 is 0. The summed E-state index contributed by atoms with van der Waals surface area (Å²) in [4.78, 5) is 4.78. The van der Waals surface area contributed by atoms with E-state index in [4.69, 9.17) is 23.7 Å². The molecule has 4 aromatic carbocycles. The molecule has 2 saturated heterocycles. The van der Waals surface area contributed by atoms with Crippen molar-refractivity contribution in [1.29, 1.82) is 0 Å². The SMILES string of the molecule is CCC(=C(c1ccc(OCCN2CCOCC2)cc1)c1ccc(OCCN2CCOCC2)cc1)c1cccc(OCc2ccccc2)c1. The van der Waals surface area contributed by atoms with Crippen molar-refractivity contribution in [2.45, 2.75) is 20.0 Å². The predicted molar refractivity (Wildman–Crippen MR) is 192 cm³/mol. The van der Waals surface area contributed by atoms with Crippen LogP contribution >= 0.6 is 0 Å². The molecule has 2 aliphatic rings. The number of nitrogens with zero attached hydrogens (tertiary/aromatic N) is 2. The Balaban J connectivity index is 1.22. The third-order valence-corrected chi connectivity index (χ3v) is 8.93. The van der Waals surface area contributed by atoms with Crippen LogP contribution in [0.25, 0.3) is 11.1 Å². The second-order valence-corrected chi connectivity index (χ2v) is 12.2. The quantitative estimate of drug-likeness (QED) is 0.128. The van der Waals surface area contributed by atoms with E-state index >= 15 is 0 Å². The fourth-order valence-corrected chi connectivity index (χ4v) is 6.23. The minimum atomic E-state index is 0.530. The molecule has 4 aromatic rings. The van der Waals surface area contributed by atoms with Crippen LogP contribution in [0.15, 0.2) is 103 Å². The average molecular weight is 649 g/mol. The third kappa shape index (κ3) is 9.70. The fraction of sp³-hybridized carbons (Fsp3) is 0.366. The number of allylic oxidation sites excluding steroid dienone is 1. The van der Waals surface area contributed by atoms with Crippen molar-refractivity contribution in [3.8, 4) is 17.2 Å². The van der Waals surface area contributed by atoms with Gasteiger partial charge in [-0.25, -0.2) is 0 Å². The summed E-state index contributed by atoms with van der Waals surface area (Å²) in [7, 11) is 0. The molecule has 0 bridgehead atoms. The van der Waals surface area contributed by atoms with Gasteiger partial charge in [0.15, 0.2) is 0 Å². The van der Waals surface area contributed by atoms with E-state index in [1.165, 1.54) is 11.1 Å². The maximum atomic E-state index is 6.24. The van der Waals surface area contributed by atoms with Crippen molar-refractivity contribution in [1.82, 2.24) is 9.80 Å². The van der Waals surface area contributed by atoms with Crippen molar-refractivity contribution in [2.24, 2.45) is 0 Å². The highest BCUT2D eigenvalue weighted by Gasteiger charge is 2.16. The maximum Gasteiger partial charge on any atom is 0.120 e. The summed E-state index contributed by atoms with van der Waals surface area (Å²) in [5.41, 5.74) is 7.02. The van der Waals surface area contributed by atoms with E-state index in [-0.39, 0.29) is 0 Å². The van der Waals surface area contributed by atoms with Crippen molar-refractivity contribution in [2.75, 3.05) is 78.9 Å². The van der Waals surface area contributed by atoms with Gasteiger partial charge >= 0.3 is 0 Å². The van der Waals surface area contributed by atoms with Crippen LogP contribution in [0, 0.1) is 0 Å². The van der Waals surface area contributed by atoms with Gasteiger partial charge in [-0.15, -0.1) is 0 Å². The summed E-state index contributed by atoms with van der Waals surface area (Å²) in [5.74, 6) is 2.61. The van der Waals surface area contributed by atoms with Gasteiger partial charge in [-0.05, 0) is 76.2 Å². The molecule has 0 spiro atoms. The van der Waals surface area contributed by atoms with Crippen LogP contribution in [0.3, 0.4) is 0 Å². The Bertz CT molecular complexity index is 1490. The normalized spacial score (nSPS) is 15.5. The van der Waals surface area contributed by atoms with Crippen LogP contribution < -0.4 is 14.2 Å². The van der Waals surface area contributed by atoms with Crippen molar-refractivity contribution in [3.05, 3.63) is 125 Å². The van der Waals surface area contributed by atoms with E-state index in [9.17, 15) is 0 Å². The molecule has 2 heterocycles. The van der Waals surface area contributed by atoms with E-state index in [1.54, 1.807) is 0 Å². The Hall–Kier alpha value is -4.14. The van der Waals surface area contributed by atoms with Crippen molar-refractivity contribution < 1.29 is 23.7 Å². The Labute approximate surface area is 285 Å². The number of morpholine rings is 2. The molecule has 6 rings (SSSR count). The molecule has 0 N–H and O–H groups in total. The molecule has 252 valence electrons. The molecule has 7 heteroatoms. The molecule has 0 atom stereocenters. The Morgan fingerprint density at radius 2 is 1.10 bits per heavy atom. The lowest BCUT2D eigenvalue weighted by Gasteiger charge is -2.26. The van der Waals surface area contributed by atoms with Gasteiger partial charge < -0.3 is 23.7 Å². The first-order valence-electron chi connectivity index (χ1n) is 17.3. The van der Waals surface area contributed by atoms with Crippen LogP contribution in [0.5, 0.6) is 17.2 Å². The summed E-state index contributed by atoms with van der Waals surface area (Å²) in [6.45, 7) is 12.9. The first-order chi connectivity index (χ1) is 23.7. The predicted octanol–water partition coefficient (Wildman–Crippen LogP) is 7.06. The first kappa shape index (κ1) is 33.7. The highest BCUT2D eigenvalue weighted by atomic mass is 16.5. The molecular formula is C41H48N2O5. The number of benzene rings is 4. The van der Waals surface area contributed by atoms with E-state index in [0.29, 0.717) is 19.8 Å². The molecule has 7 nitrogen and oxygen atoms in total. The van der Waals surface area contributed by atoms with Crippen molar-refractivity contribution in [3.63, 3.8) is 0 Å². The monoisotopic (exact) mass is 648 g/mol. The Kier molecular flexibility index (Phi) is 12.6. The average Bonchev–Trinajstić information content (AvgIpc) is 3.15. The standard InChI is InChI=1S/C41H48N2O5/c1-2-40(36-9-6-10-39(31-36)48-32-33-7-4-3-5-8-33)41(34-11-15-37(16-12-34)46-29-23-42-19-25-44-26-20-42)35-13-17-38(18-14-35)47-30-24-43-21-27-45-28-22-43/h3-18,31H,2,19-30,32H2,1H3. The number of hydrogen-bond acceptors (Lipinski definition) is 7. The molecule has 0 unspecified atom stereocenters. The molecule has 0 radical (unpaired) electrons. The summed E-state index contributed by atoms with van der Waals surface area (Å²) in [5, 5.41) is 0. The summed E-state index contributed by atoms with van der Waals surface area (Å²) in [6, 6.07) is 35.8. The van der Waals surface area contributed by atoms with Gasteiger partial charge in [0.2, 0.25) is 0 Å². The largest absolute Gasteiger partial charge is 0.492 e.